The number of nitrogens with one attached hydrogen (secondary N) is 1. The molecular formula is C28H23N3O6. The molecule has 0 aromatic heterocycles. The molecule has 9 nitrogen and oxygen atoms in total. The van der Waals surface area contributed by atoms with E-state index in [4.69, 9.17) is 0 Å². The van der Waals surface area contributed by atoms with Crippen LogP contribution in [-0.4, -0.2) is 33.4 Å². The normalized spacial score (nSPS) is 25.0. The van der Waals surface area contributed by atoms with Crippen LogP contribution in [0.15, 0.2) is 78.9 Å². The van der Waals surface area contributed by atoms with Crippen molar-refractivity contribution < 1.29 is 24.4 Å². The summed E-state index contributed by atoms with van der Waals surface area (Å²) in [5, 5.41) is 24.3. The molecule has 4 atom stereocenters. The third-order valence-corrected chi connectivity index (χ3v) is 7.09. The van der Waals surface area contributed by atoms with Crippen LogP contribution in [0, 0.1) is 22.0 Å². The van der Waals surface area contributed by atoms with Crippen LogP contribution in [0.5, 0.6) is 0 Å². The Labute approximate surface area is 212 Å². The first-order valence-corrected chi connectivity index (χ1v) is 11.7. The fourth-order valence-corrected chi connectivity index (χ4v) is 5.19. The van der Waals surface area contributed by atoms with Gasteiger partial charge in [-0.15, -0.1) is 0 Å². The number of hydrogen-bond acceptors (Lipinski definition) is 6. The molecule has 2 saturated heterocycles. The predicted molar refractivity (Wildman–Crippen MR) is 136 cm³/mol. The van der Waals surface area contributed by atoms with Gasteiger partial charge in [0.25, 0.3) is 5.69 Å². The maximum atomic E-state index is 13.6. The van der Waals surface area contributed by atoms with Gasteiger partial charge in [0, 0.05) is 18.2 Å². The van der Waals surface area contributed by atoms with Crippen molar-refractivity contribution in [3.05, 3.63) is 106 Å². The molecule has 0 radical (unpaired) electrons. The Morgan fingerprint density at radius 2 is 1.62 bits per heavy atom. The highest BCUT2D eigenvalue weighted by Gasteiger charge is 2.66. The number of nitro benzene ring substituents is 1. The second-order valence-electron chi connectivity index (χ2n) is 9.33. The van der Waals surface area contributed by atoms with Crippen LogP contribution >= 0.6 is 0 Å². The average molecular weight is 498 g/mol. The van der Waals surface area contributed by atoms with Crippen molar-refractivity contribution in [2.24, 2.45) is 11.8 Å². The number of aliphatic carboxylic acids is 1. The standard InChI is InChI=1S/C28H23N3O6/c1-28(27(34)35)23-22(25(32)30(26(23)33)20-8-5-9-21(16-20)31(36)37)24(29-28)19-14-12-18(13-15-19)11-10-17-6-3-2-4-7-17/h2-16,22-24,29H,1H3,(H,34,35). The number of carbonyl (C=O) groups is 3. The van der Waals surface area contributed by atoms with E-state index in [-0.39, 0.29) is 11.4 Å². The molecule has 0 saturated carbocycles. The van der Waals surface area contributed by atoms with Gasteiger partial charge in [-0.2, -0.15) is 0 Å². The zero-order valence-electron chi connectivity index (χ0n) is 19.8. The van der Waals surface area contributed by atoms with Crippen LogP contribution in [0.25, 0.3) is 12.2 Å². The van der Waals surface area contributed by atoms with Gasteiger partial charge in [0.15, 0.2) is 0 Å². The zero-order valence-corrected chi connectivity index (χ0v) is 19.8. The summed E-state index contributed by atoms with van der Waals surface area (Å²) in [4.78, 5) is 50.9. The van der Waals surface area contributed by atoms with E-state index in [9.17, 15) is 29.6 Å². The zero-order chi connectivity index (χ0) is 26.3. The van der Waals surface area contributed by atoms with Crippen molar-refractivity contribution in [2.75, 3.05) is 4.90 Å². The lowest BCUT2D eigenvalue weighted by Crippen LogP contribution is -2.53. The predicted octanol–water partition coefficient (Wildman–Crippen LogP) is 4.06. The lowest BCUT2D eigenvalue weighted by molar-refractivity contribution is -0.384. The van der Waals surface area contributed by atoms with Gasteiger partial charge in [-0.1, -0.05) is 72.8 Å². The third kappa shape index (κ3) is 4.09. The van der Waals surface area contributed by atoms with Gasteiger partial charge in [-0.25, -0.2) is 4.90 Å². The number of non-ortho nitro benzene ring substituents is 1. The summed E-state index contributed by atoms with van der Waals surface area (Å²) in [7, 11) is 0. The highest BCUT2D eigenvalue weighted by Crippen LogP contribution is 2.49. The van der Waals surface area contributed by atoms with Gasteiger partial charge in [0.2, 0.25) is 11.8 Å². The number of hydrogen-bond donors (Lipinski definition) is 2. The smallest absolute Gasteiger partial charge is 0.324 e. The molecule has 5 rings (SSSR count). The lowest BCUT2D eigenvalue weighted by Gasteiger charge is -2.27. The van der Waals surface area contributed by atoms with Crippen molar-refractivity contribution in [1.29, 1.82) is 0 Å². The minimum absolute atomic E-state index is 0.0477. The summed E-state index contributed by atoms with van der Waals surface area (Å²) in [6, 6.07) is 21.6. The van der Waals surface area contributed by atoms with E-state index in [1.54, 1.807) is 12.1 Å². The van der Waals surface area contributed by atoms with E-state index in [0.29, 0.717) is 5.56 Å². The van der Waals surface area contributed by atoms with Crippen molar-refractivity contribution in [1.82, 2.24) is 5.32 Å². The second-order valence-corrected chi connectivity index (χ2v) is 9.33. The largest absolute Gasteiger partial charge is 0.480 e. The Morgan fingerprint density at radius 1 is 0.973 bits per heavy atom. The van der Waals surface area contributed by atoms with E-state index in [1.807, 2.05) is 54.6 Å². The number of imide groups is 1. The summed E-state index contributed by atoms with van der Waals surface area (Å²) in [6.07, 6.45) is 3.91. The van der Waals surface area contributed by atoms with E-state index in [0.717, 1.165) is 22.1 Å². The fourth-order valence-electron chi connectivity index (χ4n) is 5.19. The molecule has 2 aliphatic rings. The van der Waals surface area contributed by atoms with Crippen molar-refractivity contribution in [3.63, 3.8) is 0 Å². The molecule has 0 aliphatic carbocycles. The van der Waals surface area contributed by atoms with Crippen LogP contribution in [0.2, 0.25) is 0 Å². The third-order valence-electron chi connectivity index (χ3n) is 7.09. The Balaban J connectivity index is 1.48. The van der Waals surface area contributed by atoms with E-state index in [1.165, 1.54) is 25.1 Å². The molecule has 0 bridgehead atoms. The molecule has 2 N–H and O–H groups in total. The van der Waals surface area contributed by atoms with Gasteiger partial charge in [-0.05, 0) is 29.7 Å². The Kier molecular flexibility index (Phi) is 5.93. The number of nitrogens with zero attached hydrogens (tertiary/aromatic N) is 2. The van der Waals surface area contributed by atoms with E-state index < -0.39 is 46.1 Å². The summed E-state index contributed by atoms with van der Waals surface area (Å²) in [5.74, 6) is -4.71. The van der Waals surface area contributed by atoms with E-state index >= 15 is 0 Å². The molecule has 0 spiro atoms. The Bertz CT molecular complexity index is 1440. The minimum atomic E-state index is -1.70. The van der Waals surface area contributed by atoms with Crippen LogP contribution < -0.4 is 10.2 Å². The molecule has 2 amide bonds. The number of nitro groups is 1. The summed E-state index contributed by atoms with van der Waals surface area (Å²) in [6.45, 7) is 1.39. The lowest BCUT2D eigenvalue weighted by atomic mass is 9.80. The quantitative estimate of drug-likeness (QED) is 0.227. The monoisotopic (exact) mass is 497 g/mol. The Morgan fingerprint density at radius 3 is 2.24 bits per heavy atom. The van der Waals surface area contributed by atoms with Gasteiger partial charge in [0.05, 0.1) is 22.4 Å². The van der Waals surface area contributed by atoms with Crippen LogP contribution in [0.4, 0.5) is 11.4 Å². The minimum Gasteiger partial charge on any atom is -0.480 e. The molecule has 2 fully saturated rings. The number of carboxylic acid groups (broad SMARTS) is 1. The summed E-state index contributed by atoms with van der Waals surface area (Å²) >= 11 is 0. The topological polar surface area (TPSA) is 130 Å². The van der Waals surface area contributed by atoms with Gasteiger partial charge >= 0.3 is 5.97 Å². The van der Waals surface area contributed by atoms with Gasteiger partial charge in [-0.3, -0.25) is 29.8 Å². The number of carboxylic acids is 1. The van der Waals surface area contributed by atoms with Crippen LogP contribution in [-0.2, 0) is 14.4 Å². The molecule has 9 heteroatoms. The number of rotatable bonds is 6. The van der Waals surface area contributed by atoms with Crippen LogP contribution in [0.3, 0.4) is 0 Å². The second kappa shape index (κ2) is 9.11. The number of carbonyl (C=O) groups excluding carboxylic acids is 2. The highest BCUT2D eigenvalue weighted by molar-refractivity contribution is 6.24. The first-order valence-electron chi connectivity index (χ1n) is 11.7. The average Bonchev–Trinajstić information content (AvgIpc) is 3.36. The molecule has 2 aliphatic heterocycles. The molecule has 3 aromatic rings. The Hall–Kier alpha value is -4.63. The van der Waals surface area contributed by atoms with Crippen LogP contribution in [0.1, 0.15) is 29.7 Å². The van der Waals surface area contributed by atoms with Gasteiger partial charge in [0.1, 0.15) is 5.54 Å². The molecule has 186 valence electrons. The van der Waals surface area contributed by atoms with E-state index in [2.05, 4.69) is 5.32 Å². The molecule has 3 aromatic carbocycles. The molecule has 2 heterocycles. The van der Waals surface area contributed by atoms with Gasteiger partial charge < -0.3 is 5.11 Å². The van der Waals surface area contributed by atoms with Crippen molar-refractivity contribution in [2.45, 2.75) is 18.5 Å². The first kappa shape index (κ1) is 24.1. The molecular weight excluding hydrogens is 474 g/mol. The van der Waals surface area contributed by atoms with Crippen molar-refractivity contribution in [3.8, 4) is 0 Å². The van der Waals surface area contributed by atoms with Crippen molar-refractivity contribution >= 4 is 41.3 Å². The molecule has 37 heavy (non-hydrogen) atoms. The number of anilines is 1. The summed E-state index contributed by atoms with van der Waals surface area (Å²) in [5.41, 5.74) is 0.689. The maximum absolute atomic E-state index is 13.6. The molecule has 4 unspecified atom stereocenters. The maximum Gasteiger partial charge on any atom is 0.324 e. The summed E-state index contributed by atoms with van der Waals surface area (Å²) < 4.78 is 0. The SMILES string of the molecule is CC1(C(=O)O)NC(c2ccc(C=Cc3ccccc3)cc2)C2C(=O)N(c3cccc([N+](=O)[O-])c3)C(=O)C21. The number of benzene rings is 3. The highest BCUT2D eigenvalue weighted by atomic mass is 16.6. The number of fused-ring (bicyclic) bond motifs is 1. The number of amides is 2. The first-order chi connectivity index (χ1) is 17.7. The fraction of sp³-hybridized carbons (Fsp3) is 0.179.